The van der Waals surface area contributed by atoms with Crippen molar-refractivity contribution in [1.82, 2.24) is 35.0 Å². The van der Waals surface area contributed by atoms with E-state index in [1.165, 1.54) is 36.8 Å². The monoisotopic (exact) mass is 595 g/mol. The van der Waals surface area contributed by atoms with E-state index in [1.807, 2.05) is 65.2 Å². The number of carbonyl (C=O) groups excluding carboxylic acids is 1. The molecule has 4 aromatic rings. The molecule has 2 aromatic carbocycles. The molecule has 44 heavy (non-hydrogen) atoms. The molecule has 3 unspecified atom stereocenters. The lowest BCUT2D eigenvalue weighted by molar-refractivity contribution is 0.0913. The molecule has 2 heterocycles. The van der Waals surface area contributed by atoms with Crippen LogP contribution in [0.2, 0.25) is 0 Å². The first kappa shape index (κ1) is 30.2. The summed E-state index contributed by atoms with van der Waals surface area (Å²) in [5.74, 6) is 3.70. The Morgan fingerprint density at radius 3 is 2.39 bits per heavy atom. The maximum atomic E-state index is 14.2. The molecule has 9 nitrogen and oxygen atoms in total. The minimum Gasteiger partial charge on any atom is -0.292 e. The third-order valence-corrected chi connectivity index (χ3v) is 10.1. The van der Waals surface area contributed by atoms with Crippen LogP contribution in [0.15, 0.2) is 65.5 Å². The van der Waals surface area contributed by atoms with Gasteiger partial charge in [0, 0.05) is 30.9 Å². The van der Waals surface area contributed by atoms with E-state index in [0.717, 1.165) is 55.7 Å². The van der Waals surface area contributed by atoms with Gasteiger partial charge in [-0.15, -0.1) is 10.2 Å². The smallest absolute Gasteiger partial charge is 0.292 e. The molecule has 3 atom stereocenters. The molecule has 0 bridgehead atoms. The molecule has 2 aliphatic rings. The van der Waals surface area contributed by atoms with Crippen LogP contribution in [0.5, 0.6) is 0 Å². The van der Waals surface area contributed by atoms with Crippen molar-refractivity contribution in [3.05, 3.63) is 93.9 Å². The lowest BCUT2D eigenvalue weighted by Crippen LogP contribution is -2.35. The highest BCUT2D eigenvalue weighted by Crippen LogP contribution is 2.46. The largest absolute Gasteiger partial charge is 0.346 e. The Morgan fingerprint density at radius 1 is 0.955 bits per heavy atom. The van der Waals surface area contributed by atoms with Crippen LogP contribution in [0.25, 0.3) is 0 Å². The molecule has 2 saturated carbocycles. The Hall–Kier alpha value is -3.88. The average molecular weight is 596 g/mol. The van der Waals surface area contributed by atoms with E-state index < -0.39 is 6.04 Å². The lowest BCUT2D eigenvalue weighted by atomic mass is 9.66. The maximum absolute atomic E-state index is 14.2. The highest BCUT2D eigenvalue weighted by Gasteiger charge is 2.37. The van der Waals surface area contributed by atoms with Crippen LogP contribution in [0.3, 0.4) is 0 Å². The Labute approximate surface area is 259 Å². The van der Waals surface area contributed by atoms with E-state index in [1.54, 1.807) is 0 Å². The van der Waals surface area contributed by atoms with Gasteiger partial charge in [-0.05, 0) is 68.3 Å². The first-order valence-corrected chi connectivity index (χ1v) is 16.7. The summed E-state index contributed by atoms with van der Waals surface area (Å²) in [5, 5.41) is 20.1. The molecule has 2 aliphatic carbocycles. The fourth-order valence-electron chi connectivity index (χ4n) is 7.71. The van der Waals surface area contributed by atoms with Crippen molar-refractivity contribution >= 4 is 5.78 Å². The third-order valence-electron chi connectivity index (χ3n) is 10.1. The van der Waals surface area contributed by atoms with Crippen LogP contribution in [0, 0.1) is 17.8 Å². The first-order valence-electron chi connectivity index (χ1n) is 16.7. The minimum atomic E-state index is -0.696. The molecule has 0 radical (unpaired) electrons. The number of aryl methyl sites for hydroxylation is 1. The fraction of sp³-hybridized carbons (Fsp3) is 0.543. The van der Waals surface area contributed by atoms with E-state index >= 15 is 0 Å². The van der Waals surface area contributed by atoms with Crippen LogP contribution >= 0.6 is 0 Å². The SMILES string of the molecule is CCCCc1nn(C(Cc2ccccc2)C(=O)c2ccccc2)c(=O)n1CC1CCC(C2CCCCC2c2nn[nH]n2)CC1. The number of unbranched alkanes of at least 4 members (excludes halogenated alkanes) is 1. The van der Waals surface area contributed by atoms with Gasteiger partial charge in [-0.3, -0.25) is 9.36 Å². The summed E-state index contributed by atoms with van der Waals surface area (Å²) in [5.41, 5.74) is 1.46. The van der Waals surface area contributed by atoms with Gasteiger partial charge in [-0.1, -0.05) is 92.1 Å². The van der Waals surface area contributed by atoms with Gasteiger partial charge >= 0.3 is 5.69 Å². The Bertz CT molecular complexity index is 1520. The maximum Gasteiger partial charge on any atom is 0.346 e. The van der Waals surface area contributed by atoms with Crippen LogP contribution < -0.4 is 5.69 Å². The first-order chi connectivity index (χ1) is 21.6. The van der Waals surface area contributed by atoms with Crippen LogP contribution in [0.1, 0.15) is 111 Å². The van der Waals surface area contributed by atoms with Crippen molar-refractivity contribution in [3.63, 3.8) is 0 Å². The predicted molar refractivity (Wildman–Crippen MR) is 169 cm³/mol. The summed E-state index contributed by atoms with van der Waals surface area (Å²) >= 11 is 0. The van der Waals surface area contributed by atoms with Crippen molar-refractivity contribution < 1.29 is 4.79 Å². The summed E-state index contributed by atoms with van der Waals surface area (Å²) in [6, 6.07) is 18.5. The number of rotatable bonds is 12. The number of aromatic amines is 1. The van der Waals surface area contributed by atoms with E-state index in [4.69, 9.17) is 5.10 Å². The quantitative estimate of drug-likeness (QED) is 0.191. The number of carbonyl (C=O) groups is 1. The standard InChI is InChI=1S/C35H45N7O2/c1-2-3-18-32-38-42(31(23-25-12-6-4-7-13-25)33(43)28-14-8-5-9-15-28)35(44)41(32)24-26-19-21-27(22-20-26)29-16-10-11-17-30(29)34-36-39-40-37-34/h4-9,12-15,26-27,29-31H,2-3,10-11,16-24H2,1H3,(H,36,37,39,40). The zero-order valence-corrected chi connectivity index (χ0v) is 25.9. The summed E-state index contributed by atoms with van der Waals surface area (Å²) in [4.78, 5) is 28.1. The second kappa shape index (κ2) is 14.3. The Kier molecular flexibility index (Phi) is 9.78. The van der Waals surface area contributed by atoms with Gasteiger partial charge in [0.15, 0.2) is 11.6 Å². The Morgan fingerprint density at radius 2 is 1.68 bits per heavy atom. The number of hydrogen-bond donors (Lipinski definition) is 1. The number of tetrazole rings is 1. The van der Waals surface area contributed by atoms with Crippen LogP contribution in [-0.2, 0) is 19.4 Å². The molecule has 0 aliphatic heterocycles. The number of ketones is 1. The second-order valence-corrected chi connectivity index (χ2v) is 12.9. The predicted octanol–water partition coefficient (Wildman–Crippen LogP) is 6.35. The Balaban J connectivity index is 1.22. The molecular weight excluding hydrogens is 550 g/mol. The third kappa shape index (κ3) is 6.76. The topological polar surface area (TPSA) is 111 Å². The number of nitrogens with one attached hydrogen (secondary N) is 1. The highest BCUT2D eigenvalue weighted by atomic mass is 16.2. The lowest BCUT2D eigenvalue weighted by Gasteiger charge is -2.39. The number of Topliss-reactive ketones (excluding diaryl/α,β-unsaturated/α-hetero) is 1. The van der Waals surface area contributed by atoms with Gasteiger partial charge in [0.25, 0.3) is 0 Å². The van der Waals surface area contributed by atoms with E-state index in [2.05, 4.69) is 27.5 Å². The number of nitrogens with zero attached hydrogens (tertiary/aromatic N) is 6. The minimum absolute atomic E-state index is 0.0765. The molecule has 0 spiro atoms. The molecular formula is C35H45N7O2. The molecule has 2 aromatic heterocycles. The zero-order valence-electron chi connectivity index (χ0n) is 25.9. The van der Waals surface area contributed by atoms with Crippen molar-refractivity contribution in [2.45, 2.75) is 102 Å². The molecule has 2 fully saturated rings. The normalized spacial score (nSPS) is 22.9. The molecule has 0 saturated heterocycles. The van der Waals surface area contributed by atoms with Gasteiger partial charge in [0.2, 0.25) is 0 Å². The summed E-state index contributed by atoms with van der Waals surface area (Å²) in [6.07, 6.45) is 12.6. The summed E-state index contributed by atoms with van der Waals surface area (Å²) < 4.78 is 3.40. The number of hydrogen-bond acceptors (Lipinski definition) is 6. The van der Waals surface area contributed by atoms with E-state index in [0.29, 0.717) is 42.2 Å². The second-order valence-electron chi connectivity index (χ2n) is 12.9. The van der Waals surface area contributed by atoms with Gasteiger partial charge in [0.05, 0.1) is 0 Å². The molecule has 1 N–H and O–H groups in total. The number of benzene rings is 2. The zero-order chi connectivity index (χ0) is 30.3. The van der Waals surface area contributed by atoms with Crippen molar-refractivity contribution in [2.24, 2.45) is 17.8 Å². The molecule has 6 rings (SSSR count). The number of H-pyrrole nitrogens is 1. The van der Waals surface area contributed by atoms with Gasteiger partial charge in [-0.2, -0.15) is 10.3 Å². The average Bonchev–Trinajstić information content (AvgIpc) is 3.72. The van der Waals surface area contributed by atoms with Crippen molar-refractivity contribution in [2.75, 3.05) is 0 Å². The van der Waals surface area contributed by atoms with E-state index in [-0.39, 0.29) is 11.5 Å². The van der Waals surface area contributed by atoms with Gasteiger partial charge in [0.1, 0.15) is 11.9 Å². The summed E-state index contributed by atoms with van der Waals surface area (Å²) in [6.45, 7) is 2.83. The van der Waals surface area contributed by atoms with Crippen LogP contribution in [-0.4, -0.2) is 40.8 Å². The fourth-order valence-corrected chi connectivity index (χ4v) is 7.71. The summed E-state index contributed by atoms with van der Waals surface area (Å²) in [7, 11) is 0. The number of aromatic nitrogens is 7. The molecule has 0 amide bonds. The molecule has 232 valence electrons. The van der Waals surface area contributed by atoms with Crippen LogP contribution in [0.4, 0.5) is 0 Å². The van der Waals surface area contributed by atoms with Gasteiger partial charge in [-0.25, -0.2) is 9.48 Å². The van der Waals surface area contributed by atoms with Crippen molar-refractivity contribution in [1.29, 1.82) is 0 Å². The highest BCUT2D eigenvalue weighted by molar-refractivity contribution is 5.99. The van der Waals surface area contributed by atoms with Gasteiger partial charge < -0.3 is 0 Å². The molecule has 9 heteroatoms. The van der Waals surface area contributed by atoms with Crippen molar-refractivity contribution in [3.8, 4) is 0 Å². The van der Waals surface area contributed by atoms with E-state index in [9.17, 15) is 9.59 Å².